The second kappa shape index (κ2) is 8.05. The Labute approximate surface area is 160 Å². The molecular weight excluding hydrogens is 377 g/mol. The molecule has 0 radical (unpaired) electrons. The smallest absolute Gasteiger partial charge is 0.368 e. The van der Waals surface area contributed by atoms with Gasteiger partial charge >= 0.3 is 6.18 Å². The normalized spacial score (nSPS) is 15.4. The third kappa shape index (κ3) is 4.83. The largest absolute Gasteiger partial charge is 0.417 e. The van der Waals surface area contributed by atoms with Gasteiger partial charge in [0.1, 0.15) is 0 Å². The molecule has 1 aliphatic heterocycles. The minimum atomic E-state index is -4.53. The second-order valence-corrected chi connectivity index (χ2v) is 6.63. The van der Waals surface area contributed by atoms with E-state index in [1.807, 2.05) is 30.3 Å². The van der Waals surface area contributed by atoms with E-state index in [2.05, 4.69) is 4.90 Å². The number of nitrogens with zero attached hydrogens (tertiary/aromatic N) is 2. The summed E-state index contributed by atoms with van der Waals surface area (Å²) in [6, 6.07) is 13.5. The van der Waals surface area contributed by atoms with Crippen molar-refractivity contribution in [2.75, 3.05) is 31.1 Å². The topological polar surface area (TPSA) is 23.6 Å². The summed E-state index contributed by atoms with van der Waals surface area (Å²) in [5, 5.41) is -0.358. The quantitative estimate of drug-likeness (QED) is 0.703. The first kappa shape index (κ1) is 19.3. The van der Waals surface area contributed by atoms with E-state index in [0.29, 0.717) is 26.2 Å². The molecule has 2 aromatic rings. The number of hydrogen-bond acceptors (Lipinski definition) is 2. The standard InChI is InChI=1S/C20H18ClF3N2O/c21-18-8-6-15(14-17(18)20(22,23)24)7-9-19(27)26-12-10-25(11-13-26)16-4-2-1-3-5-16/h1-9,14H,10-13H2/b9-7+. The van der Waals surface area contributed by atoms with Gasteiger partial charge in [-0.25, -0.2) is 0 Å². The number of carbonyl (C=O) groups is 1. The van der Waals surface area contributed by atoms with Crippen molar-refractivity contribution in [2.45, 2.75) is 6.18 Å². The van der Waals surface area contributed by atoms with Crippen molar-refractivity contribution in [2.24, 2.45) is 0 Å². The second-order valence-electron chi connectivity index (χ2n) is 6.22. The molecule has 0 unspecified atom stereocenters. The van der Waals surface area contributed by atoms with Crippen LogP contribution in [0.2, 0.25) is 5.02 Å². The number of amides is 1. The van der Waals surface area contributed by atoms with Gasteiger partial charge in [-0.05, 0) is 35.9 Å². The lowest BCUT2D eigenvalue weighted by Crippen LogP contribution is -2.48. The molecule has 1 amide bonds. The van der Waals surface area contributed by atoms with Gasteiger partial charge in [-0.15, -0.1) is 0 Å². The van der Waals surface area contributed by atoms with Crippen LogP contribution in [-0.2, 0) is 11.0 Å². The van der Waals surface area contributed by atoms with Gasteiger partial charge in [-0.1, -0.05) is 35.9 Å². The van der Waals surface area contributed by atoms with E-state index >= 15 is 0 Å². The maximum absolute atomic E-state index is 12.9. The van der Waals surface area contributed by atoms with Gasteiger partial charge in [0.15, 0.2) is 0 Å². The number of halogens is 4. The van der Waals surface area contributed by atoms with E-state index in [4.69, 9.17) is 11.6 Å². The molecular formula is C20H18ClF3N2O. The van der Waals surface area contributed by atoms with Crippen LogP contribution in [0, 0.1) is 0 Å². The maximum Gasteiger partial charge on any atom is 0.417 e. The van der Waals surface area contributed by atoms with E-state index in [-0.39, 0.29) is 16.5 Å². The zero-order chi connectivity index (χ0) is 19.4. The molecule has 1 aliphatic rings. The Bertz CT molecular complexity index is 829. The van der Waals surface area contributed by atoms with Crippen LogP contribution >= 0.6 is 11.6 Å². The third-order valence-corrected chi connectivity index (χ3v) is 4.76. The lowest BCUT2D eigenvalue weighted by molar-refractivity contribution is -0.137. The number of hydrogen-bond donors (Lipinski definition) is 0. The van der Waals surface area contributed by atoms with Crippen molar-refractivity contribution >= 4 is 29.3 Å². The zero-order valence-electron chi connectivity index (χ0n) is 14.4. The van der Waals surface area contributed by atoms with Crippen LogP contribution < -0.4 is 4.90 Å². The molecule has 3 rings (SSSR count). The Morgan fingerprint density at radius 2 is 1.67 bits per heavy atom. The first-order valence-electron chi connectivity index (χ1n) is 8.48. The average Bonchev–Trinajstić information content (AvgIpc) is 2.67. The number of rotatable bonds is 3. The van der Waals surface area contributed by atoms with Crippen LogP contribution in [0.3, 0.4) is 0 Å². The maximum atomic E-state index is 12.9. The zero-order valence-corrected chi connectivity index (χ0v) is 15.2. The molecule has 0 atom stereocenters. The molecule has 0 aliphatic carbocycles. The lowest BCUT2D eigenvalue weighted by Gasteiger charge is -2.35. The summed E-state index contributed by atoms with van der Waals surface area (Å²) < 4.78 is 38.7. The van der Waals surface area contributed by atoms with Crippen LogP contribution in [0.4, 0.5) is 18.9 Å². The summed E-state index contributed by atoms with van der Waals surface area (Å²) in [4.78, 5) is 16.2. The number of anilines is 1. The van der Waals surface area contributed by atoms with Gasteiger partial charge in [0, 0.05) is 37.9 Å². The Morgan fingerprint density at radius 3 is 2.30 bits per heavy atom. The van der Waals surface area contributed by atoms with Gasteiger partial charge < -0.3 is 9.80 Å². The van der Waals surface area contributed by atoms with Crippen molar-refractivity contribution in [3.8, 4) is 0 Å². The number of piperazine rings is 1. The highest BCUT2D eigenvalue weighted by Gasteiger charge is 2.33. The Balaban J connectivity index is 1.61. The fourth-order valence-electron chi connectivity index (χ4n) is 2.96. The summed E-state index contributed by atoms with van der Waals surface area (Å²) in [6.07, 6.45) is -1.84. The van der Waals surface area contributed by atoms with Gasteiger partial charge in [0.05, 0.1) is 10.6 Å². The van der Waals surface area contributed by atoms with Crippen LogP contribution in [0.5, 0.6) is 0 Å². The van der Waals surface area contributed by atoms with E-state index < -0.39 is 11.7 Å². The Morgan fingerprint density at radius 1 is 1.00 bits per heavy atom. The summed E-state index contributed by atoms with van der Waals surface area (Å²) in [5.41, 5.74) is 0.485. The predicted octanol–water partition coefficient (Wildman–Crippen LogP) is 4.72. The summed E-state index contributed by atoms with van der Waals surface area (Å²) in [6.45, 7) is 2.55. The number of carbonyl (C=O) groups excluding carboxylic acids is 1. The van der Waals surface area contributed by atoms with E-state index in [1.54, 1.807) is 4.90 Å². The molecule has 7 heteroatoms. The molecule has 27 heavy (non-hydrogen) atoms. The van der Waals surface area contributed by atoms with Crippen LogP contribution in [0.1, 0.15) is 11.1 Å². The molecule has 142 valence electrons. The summed E-state index contributed by atoms with van der Waals surface area (Å²) in [5.74, 6) is -0.216. The molecule has 3 nitrogen and oxygen atoms in total. The fourth-order valence-corrected chi connectivity index (χ4v) is 3.19. The SMILES string of the molecule is O=C(/C=C/c1ccc(Cl)c(C(F)(F)F)c1)N1CCN(c2ccccc2)CC1. The van der Waals surface area contributed by atoms with Crippen molar-refractivity contribution < 1.29 is 18.0 Å². The number of alkyl halides is 3. The minimum Gasteiger partial charge on any atom is -0.368 e. The van der Waals surface area contributed by atoms with Crippen LogP contribution in [0.15, 0.2) is 54.6 Å². The summed E-state index contributed by atoms with van der Waals surface area (Å²) >= 11 is 5.61. The molecule has 1 saturated heterocycles. The highest BCUT2D eigenvalue weighted by molar-refractivity contribution is 6.31. The minimum absolute atomic E-state index is 0.216. The molecule has 0 aromatic heterocycles. The highest BCUT2D eigenvalue weighted by Crippen LogP contribution is 2.35. The van der Waals surface area contributed by atoms with Crippen molar-refractivity contribution in [1.82, 2.24) is 4.90 Å². The van der Waals surface area contributed by atoms with Gasteiger partial charge in [0.2, 0.25) is 5.91 Å². The van der Waals surface area contributed by atoms with Gasteiger partial charge in [-0.3, -0.25) is 4.79 Å². The van der Waals surface area contributed by atoms with Gasteiger partial charge in [0.25, 0.3) is 0 Å². The third-order valence-electron chi connectivity index (χ3n) is 4.43. The molecule has 0 saturated carbocycles. The monoisotopic (exact) mass is 394 g/mol. The first-order valence-corrected chi connectivity index (χ1v) is 8.86. The van der Waals surface area contributed by atoms with E-state index in [0.717, 1.165) is 11.8 Å². The van der Waals surface area contributed by atoms with Crippen LogP contribution in [-0.4, -0.2) is 37.0 Å². The fraction of sp³-hybridized carbons (Fsp3) is 0.250. The Hall–Kier alpha value is -2.47. The van der Waals surface area contributed by atoms with Crippen molar-refractivity contribution in [3.63, 3.8) is 0 Å². The average molecular weight is 395 g/mol. The van der Waals surface area contributed by atoms with Crippen molar-refractivity contribution in [3.05, 3.63) is 70.8 Å². The molecule has 0 N–H and O–H groups in total. The first-order chi connectivity index (χ1) is 12.8. The lowest BCUT2D eigenvalue weighted by atomic mass is 10.1. The molecule has 0 spiro atoms. The van der Waals surface area contributed by atoms with Crippen molar-refractivity contribution in [1.29, 1.82) is 0 Å². The number of para-hydroxylation sites is 1. The summed E-state index contributed by atoms with van der Waals surface area (Å²) in [7, 11) is 0. The molecule has 1 heterocycles. The van der Waals surface area contributed by atoms with E-state index in [9.17, 15) is 18.0 Å². The Kier molecular flexibility index (Phi) is 5.75. The van der Waals surface area contributed by atoms with Crippen LogP contribution in [0.25, 0.3) is 6.08 Å². The highest BCUT2D eigenvalue weighted by atomic mass is 35.5. The molecule has 0 bridgehead atoms. The molecule has 2 aromatic carbocycles. The van der Waals surface area contributed by atoms with Gasteiger partial charge in [-0.2, -0.15) is 13.2 Å². The predicted molar refractivity (Wildman–Crippen MR) is 101 cm³/mol. The van der Waals surface area contributed by atoms with E-state index in [1.165, 1.54) is 24.3 Å². The molecule has 1 fully saturated rings. The number of benzene rings is 2.